The lowest BCUT2D eigenvalue weighted by Crippen LogP contribution is -2.38. The maximum absolute atomic E-state index is 13.9. The van der Waals surface area contributed by atoms with Gasteiger partial charge in [-0.25, -0.2) is 13.8 Å². The van der Waals surface area contributed by atoms with Gasteiger partial charge in [0, 0.05) is 36.4 Å². The van der Waals surface area contributed by atoms with Gasteiger partial charge in [-0.05, 0) is 48.6 Å². The van der Waals surface area contributed by atoms with Gasteiger partial charge >= 0.3 is 0 Å². The van der Waals surface area contributed by atoms with E-state index in [2.05, 4.69) is 14.7 Å². The first-order valence-corrected chi connectivity index (χ1v) is 8.82. The van der Waals surface area contributed by atoms with Crippen LogP contribution in [0.15, 0.2) is 36.7 Å². The van der Waals surface area contributed by atoms with Crippen molar-refractivity contribution in [2.24, 2.45) is 0 Å². The van der Waals surface area contributed by atoms with Gasteiger partial charge in [-0.1, -0.05) is 0 Å². The van der Waals surface area contributed by atoms with Crippen molar-refractivity contribution in [1.82, 2.24) is 14.9 Å². The zero-order valence-corrected chi connectivity index (χ0v) is 14.8. The molecule has 1 N–H and O–H groups in total. The van der Waals surface area contributed by atoms with Crippen molar-refractivity contribution in [3.8, 4) is 5.75 Å². The molecular formula is C20H19F2N3O2. The van der Waals surface area contributed by atoms with E-state index in [0.29, 0.717) is 19.0 Å². The number of fused-ring (bicyclic) bond motifs is 1. The van der Waals surface area contributed by atoms with Gasteiger partial charge in [0.25, 0.3) is 5.91 Å². The van der Waals surface area contributed by atoms with Crippen LogP contribution in [-0.4, -0.2) is 41.0 Å². The maximum atomic E-state index is 13.9. The van der Waals surface area contributed by atoms with Gasteiger partial charge in [-0.2, -0.15) is 0 Å². The Hall–Kier alpha value is -2.96. The number of carbonyl (C=O) groups is 1. The van der Waals surface area contributed by atoms with E-state index in [-0.39, 0.29) is 11.5 Å². The number of nitrogens with one attached hydrogen (secondary N) is 1. The highest BCUT2D eigenvalue weighted by Gasteiger charge is 2.27. The number of halogens is 2. The van der Waals surface area contributed by atoms with Crippen molar-refractivity contribution in [3.05, 3.63) is 59.4 Å². The first-order chi connectivity index (χ1) is 13.1. The molecule has 2 aromatic heterocycles. The van der Waals surface area contributed by atoms with E-state index < -0.39 is 17.4 Å². The van der Waals surface area contributed by atoms with Gasteiger partial charge in [0.05, 0.1) is 7.11 Å². The van der Waals surface area contributed by atoms with E-state index in [1.807, 2.05) is 18.3 Å². The van der Waals surface area contributed by atoms with Gasteiger partial charge < -0.3 is 14.6 Å². The number of methoxy groups -OCH3 is 1. The SMILES string of the molecule is COc1c(F)cc(C(=O)N2CCC(c3c[nH]c4ncccc34)CC2)cc1F. The average Bonchev–Trinajstić information content (AvgIpc) is 3.11. The lowest BCUT2D eigenvalue weighted by atomic mass is 9.89. The Morgan fingerprint density at radius 3 is 2.63 bits per heavy atom. The summed E-state index contributed by atoms with van der Waals surface area (Å²) < 4.78 is 32.4. The minimum atomic E-state index is -0.873. The summed E-state index contributed by atoms with van der Waals surface area (Å²) in [5.41, 5.74) is 2.06. The van der Waals surface area contributed by atoms with Crippen LogP contribution in [0.3, 0.4) is 0 Å². The number of carbonyl (C=O) groups excluding carboxylic acids is 1. The molecule has 0 radical (unpaired) electrons. The summed E-state index contributed by atoms with van der Waals surface area (Å²) in [6.07, 6.45) is 5.30. The Labute approximate surface area is 155 Å². The fourth-order valence-electron chi connectivity index (χ4n) is 3.77. The molecular weight excluding hydrogens is 352 g/mol. The summed E-state index contributed by atoms with van der Waals surface area (Å²) >= 11 is 0. The normalized spacial score (nSPS) is 15.3. The Kier molecular flexibility index (Phi) is 4.51. The molecule has 5 nitrogen and oxygen atoms in total. The van der Waals surface area contributed by atoms with Crippen molar-refractivity contribution in [2.75, 3.05) is 20.2 Å². The van der Waals surface area contributed by atoms with Gasteiger partial charge in [-0.3, -0.25) is 4.79 Å². The van der Waals surface area contributed by atoms with Crippen molar-refractivity contribution in [3.63, 3.8) is 0 Å². The minimum Gasteiger partial charge on any atom is -0.491 e. The molecule has 0 atom stereocenters. The van der Waals surface area contributed by atoms with E-state index in [1.165, 1.54) is 12.7 Å². The summed E-state index contributed by atoms with van der Waals surface area (Å²) in [4.78, 5) is 21.8. The molecule has 0 saturated carbocycles. The molecule has 0 aliphatic carbocycles. The summed E-state index contributed by atoms with van der Waals surface area (Å²) in [6.45, 7) is 1.07. The van der Waals surface area contributed by atoms with E-state index in [0.717, 1.165) is 36.0 Å². The number of nitrogens with zero attached hydrogens (tertiary/aromatic N) is 2. The minimum absolute atomic E-state index is 0.000504. The van der Waals surface area contributed by atoms with Crippen molar-refractivity contribution in [1.29, 1.82) is 0 Å². The Morgan fingerprint density at radius 2 is 1.96 bits per heavy atom. The number of amides is 1. The molecule has 7 heteroatoms. The molecule has 140 valence electrons. The van der Waals surface area contributed by atoms with Gasteiger partial charge in [0.15, 0.2) is 17.4 Å². The summed E-state index contributed by atoms with van der Waals surface area (Å²) in [5, 5.41) is 1.10. The van der Waals surface area contributed by atoms with Crippen molar-refractivity contribution >= 4 is 16.9 Å². The number of aromatic nitrogens is 2. The predicted octanol–water partition coefficient (Wildman–Crippen LogP) is 3.87. The van der Waals surface area contributed by atoms with Crippen LogP contribution < -0.4 is 4.74 Å². The van der Waals surface area contributed by atoms with Crippen LogP contribution in [0.4, 0.5) is 8.78 Å². The van der Waals surface area contributed by atoms with Crippen LogP contribution in [-0.2, 0) is 0 Å². The highest BCUT2D eigenvalue weighted by atomic mass is 19.1. The quantitative estimate of drug-likeness (QED) is 0.760. The number of ether oxygens (including phenoxy) is 1. The van der Waals surface area contributed by atoms with Crippen LogP contribution >= 0.6 is 0 Å². The number of likely N-dealkylation sites (tertiary alicyclic amines) is 1. The fraction of sp³-hybridized carbons (Fsp3) is 0.300. The summed E-state index contributed by atoms with van der Waals surface area (Å²) in [5.74, 6) is -2.27. The topological polar surface area (TPSA) is 58.2 Å². The largest absolute Gasteiger partial charge is 0.491 e. The molecule has 3 aromatic rings. The lowest BCUT2D eigenvalue weighted by Gasteiger charge is -2.32. The second kappa shape index (κ2) is 6.98. The van der Waals surface area contributed by atoms with Crippen molar-refractivity contribution < 1.29 is 18.3 Å². The molecule has 1 amide bonds. The zero-order chi connectivity index (χ0) is 19.0. The molecule has 1 fully saturated rings. The molecule has 1 aromatic carbocycles. The first kappa shape index (κ1) is 17.5. The molecule has 0 spiro atoms. The van der Waals surface area contributed by atoms with E-state index in [9.17, 15) is 13.6 Å². The van der Waals surface area contributed by atoms with Crippen LogP contribution in [0.25, 0.3) is 11.0 Å². The smallest absolute Gasteiger partial charge is 0.254 e. The van der Waals surface area contributed by atoms with Gasteiger partial charge in [-0.15, -0.1) is 0 Å². The fourth-order valence-corrected chi connectivity index (χ4v) is 3.77. The summed E-state index contributed by atoms with van der Waals surface area (Å²) in [7, 11) is 1.19. The third kappa shape index (κ3) is 3.13. The number of rotatable bonds is 3. The molecule has 0 unspecified atom stereocenters. The number of pyridine rings is 1. The van der Waals surface area contributed by atoms with E-state index in [4.69, 9.17) is 0 Å². The Balaban J connectivity index is 1.48. The van der Waals surface area contributed by atoms with Crippen LogP contribution in [0, 0.1) is 11.6 Å². The molecule has 1 aliphatic heterocycles. The second-order valence-electron chi connectivity index (χ2n) is 6.68. The zero-order valence-electron chi connectivity index (χ0n) is 14.8. The highest BCUT2D eigenvalue weighted by molar-refractivity contribution is 5.94. The van der Waals surface area contributed by atoms with Crippen molar-refractivity contribution in [2.45, 2.75) is 18.8 Å². The molecule has 4 rings (SSSR count). The number of hydrogen-bond acceptors (Lipinski definition) is 3. The number of H-pyrrole nitrogens is 1. The monoisotopic (exact) mass is 371 g/mol. The number of piperidine rings is 1. The van der Waals surface area contributed by atoms with Gasteiger partial charge in [0.1, 0.15) is 5.65 Å². The summed E-state index contributed by atoms with van der Waals surface area (Å²) in [6, 6.07) is 6.00. The number of hydrogen-bond donors (Lipinski definition) is 1. The lowest BCUT2D eigenvalue weighted by molar-refractivity contribution is 0.0712. The number of aromatic amines is 1. The van der Waals surface area contributed by atoms with E-state index >= 15 is 0 Å². The maximum Gasteiger partial charge on any atom is 0.254 e. The average molecular weight is 371 g/mol. The third-order valence-corrected chi connectivity index (χ3v) is 5.15. The predicted molar refractivity (Wildman–Crippen MR) is 96.9 cm³/mol. The van der Waals surface area contributed by atoms with Crippen LogP contribution in [0.1, 0.15) is 34.7 Å². The molecule has 1 saturated heterocycles. The third-order valence-electron chi connectivity index (χ3n) is 5.15. The highest BCUT2D eigenvalue weighted by Crippen LogP contribution is 2.33. The second-order valence-corrected chi connectivity index (χ2v) is 6.68. The first-order valence-electron chi connectivity index (χ1n) is 8.82. The van der Waals surface area contributed by atoms with Gasteiger partial charge in [0.2, 0.25) is 0 Å². The molecule has 1 aliphatic rings. The Morgan fingerprint density at radius 1 is 1.26 bits per heavy atom. The number of benzene rings is 1. The molecule has 27 heavy (non-hydrogen) atoms. The standard InChI is InChI=1S/C20H19F2N3O2/c1-27-18-16(21)9-13(10-17(18)22)20(26)25-7-4-12(5-8-25)15-11-24-19-14(15)3-2-6-23-19/h2-3,6,9-12H,4-5,7-8H2,1H3,(H,23,24). The van der Waals surface area contributed by atoms with Crippen LogP contribution in [0.5, 0.6) is 5.75 Å². The molecule has 3 heterocycles. The van der Waals surface area contributed by atoms with Crippen LogP contribution in [0.2, 0.25) is 0 Å². The van der Waals surface area contributed by atoms with E-state index in [1.54, 1.807) is 11.1 Å². The molecule has 0 bridgehead atoms. The Bertz CT molecular complexity index is 971.